The molecule has 0 aliphatic heterocycles. The minimum atomic E-state index is -0.102. The van der Waals surface area contributed by atoms with E-state index in [9.17, 15) is 4.79 Å². The van der Waals surface area contributed by atoms with E-state index in [0.29, 0.717) is 18.2 Å². The minimum Gasteiger partial charge on any atom is -0.490 e. The van der Waals surface area contributed by atoms with Crippen molar-refractivity contribution in [3.05, 3.63) is 29.8 Å². The molecule has 1 atom stereocenters. The number of nitrogens with two attached hydrogens (primary N) is 1. The molecule has 0 unspecified atom stereocenters. The lowest BCUT2D eigenvalue weighted by Gasteiger charge is -2.15. The van der Waals surface area contributed by atoms with E-state index in [1.165, 1.54) is 12.8 Å². The summed E-state index contributed by atoms with van der Waals surface area (Å²) in [6.07, 6.45) is 5.00. The highest BCUT2D eigenvalue weighted by Gasteiger charge is 2.17. The van der Waals surface area contributed by atoms with Crippen molar-refractivity contribution in [2.24, 2.45) is 5.73 Å². The first-order valence-corrected chi connectivity index (χ1v) is 6.96. The van der Waals surface area contributed by atoms with E-state index in [1.807, 2.05) is 19.1 Å². The van der Waals surface area contributed by atoms with Crippen molar-refractivity contribution in [1.29, 1.82) is 0 Å². The number of carbonyl (C=O) groups excluding carboxylic acids is 1. The maximum absolute atomic E-state index is 12.0. The molecule has 19 heavy (non-hydrogen) atoms. The predicted molar refractivity (Wildman–Crippen MR) is 75.3 cm³/mol. The van der Waals surface area contributed by atoms with Crippen molar-refractivity contribution < 1.29 is 9.53 Å². The Labute approximate surface area is 114 Å². The molecule has 1 aromatic rings. The Morgan fingerprint density at radius 3 is 2.89 bits per heavy atom. The summed E-state index contributed by atoms with van der Waals surface area (Å²) in [5, 5.41) is 2.85. The summed E-state index contributed by atoms with van der Waals surface area (Å²) in [4.78, 5) is 12.0. The van der Waals surface area contributed by atoms with Crippen molar-refractivity contribution in [2.75, 3.05) is 6.54 Å². The van der Waals surface area contributed by atoms with Gasteiger partial charge in [-0.3, -0.25) is 4.79 Å². The van der Waals surface area contributed by atoms with Gasteiger partial charge in [0.25, 0.3) is 5.91 Å². The lowest BCUT2D eigenvalue weighted by Crippen LogP contribution is -2.37. The second-order valence-electron chi connectivity index (χ2n) is 5.16. The van der Waals surface area contributed by atoms with Crippen molar-refractivity contribution in [1.82, 2.24) is 5.32 Å². The van der Waals surface area contributed by atoms with Crippen LogP contribution in [-0.4, -0.2) is 24.6 Å². The monoisotopic (exact) mass is 262 g/mol. The highest BCUT2D eigenvalue weighted by atomic mass is 16.5. The molecule has 0 radical (unpaired) electrons. The Hall–Kier alpha value is -1.55. The molecule has 0 aromatic heterocycles. The number of nitrogens with one attached hydrogen (secondary N) is 1. The van der Waals surface area contributed by atoms with E-state index < -0.39 is 0 Å². The van der Waals surface area contributed by atoms with E-state index in [0.717, 1.165) is 18.6 Å². The van der Waals surface area contributed by atoms with Crippen LogP contribution in [0.5, 0.6) is 5.75 Å². The molecule has 1 aliphatic carbocycles. The zero-order chi connectivity index (χ0) is 13.7. The Bertz CT molecular complexity index is 428. The number of hydrogen-bond donors (Lipinski definition) is 2. The fraction of sp³-hybridized carbons (Fsp3) is 0.533. The number of ether oxygens (including phenoxy) is 1. The average molecular weight is 262 g/mol. The average Bonchev–Trinajstić information content (AvgIpc) is 2.91. The van der Waals surface area contributed by atoms with Gasteiger partial charge in [0.1, 0.15) is 5.75 Å². The first-order valence-electron chi connectivity index (χ1n) is 6.96. The third-order valence-electron chi connectivity index (χ3n) is 3.43. The molecule has 0 bridgehead atoms. The second-order valence-corrected chi connectivity index (χ2v) is 5.16. The lowest BCUT2D eigenvalue weighted by molar-refractivity contribution is 0.0940. The van der Waals surface area contributed by atoms with Crippen molar-refractivity contribution in [3.8, 4) is 5.75 Å². The van der Waals surface area contributed by atoms with Crippen LogP contribution in [0.2, 0.25) is 0 Å². The molecule has 4 nitrogen and oxygen atoms in total. The number of rotatable bonds is 5. The summed E-state index contributed by atoms with van der Waals surface area (Å²) in [5.74, 6) is 0.676. The topological polar surface area (TPSA) is 64.3 Å². The van der Waals surface area contributed by atoms with Gasteiger partial charge in [-0.05, 0) is 50.8 Å². The maximum atomic E-state index is 12.0. The van der Waals surface area contributed by atoms with Crippen LogP contribution < -0.4 is 15.8 Å². The van der Waals surface area contributed by atoms with Crippen LogP contribution in [0.15, 0.2) is 24.3 Å². The van der Waals surface area contributed by atoms with Crippen LogP contribution in [0.25, 0.3) is 0 Å². The first-order chi connectivity index (χ1) is 9.19. The molecule has 1 aromatic carbocycles. The first kappa shape index (κ1) is 13.9. The van der Waals surface area contributed by atoms with Crippen LogP contribution in [0.3, 0.4) is 0 Å². The second kappa shape index (κ2) is 6.57. The van der Waals surface area contributed by atoms with Gasteiger partial charge in [0.2, 0.25) is 0 Å². The van der Waals surface area contributed by atoms with Gasteiger partial charge in [0.05, 0.1) is 6.10 Å². The third kappa shape index (κ3) is 3.96. The Morgan fingerprint density at radius 1 is 1.47 bits per heavy atom. The van der Waals surface area contributed by atoms with Crippen LogP contribution in [0.4, 0.5) is 0 Å². The van der Waals surface area contributed by atoms with Crippen molar-refractivity contribution in [2.45, 2.75) is 44.8 Å². The molecule has 0 spiro atoms. The molecule has 1 aliphatic rings. The molecular formula is C15H22N2O2. The summed E-state index contributed by atoms with van der Waals surface area (Å²) in [6.45, 7) is 2.32. The van der Waals surface area contributed by atoms with Crippen LogP contribution in [0, 0.1) is 0 Å². The molecule has 1 saturated carbocycles. The molecule has 3 N–H and O–H groups in total. The van der Waals surface area contributed by atoms with Gasteiger partial charge in [-0.15, -0.1) is 0 Å². The lowest BCUT2D eigenvalue weighted by atomic mass is 10.2. The number of carbonyl (C=O) groups is 1. The fourth-order valence-corrected chi connectivity index (χ4v) is 2.28. The quantitative estimate of drug-likeness (QED) is 0.854. The van der Waals surface area contributed by atoms with Crippen molar-refractivity contribution >= 4 is 5.91 Å². The summed E-state index contributed by atoms with van der Waals surface area (Å²) >= 11 is 0. The standard InChI is InChI=1S/C15H22N2O2/c1-11(10-16)17-15(18)12-5-4-8-14(9-12)19-13-6-2-3-7-13/h4-5,8-9,11,13H,2-3,6-7,10,16H2,1H3,(H,17,18)/t11-/m0/s1. The number of benzene rings is 1. The molecule has 1 amide bonds. The predicted octanol–water partition coefficient (Wildman–Crippen LogP) is 2.08. The third-order valence-corrected chi connectivity index (χ3v) is 3.43. The highest BCUT2D eigenvalue weighted by molar-refractivity contribution is 5.94. The van der Waals surface area contributed by atoms with Gasteiger partial charge < -0.3 is 15.8 Å². The molecule has 2 rings (SSSR count). The number of amides is 1. The van der Waals surface area contributed by atoms with Gasteiger partial charge in [0, 0.05) is 18.2 Å². The zero-order valence-corrected chi connectivity index (χ0v) is 11.4. The molecule has 0 saturated heterocycles. The van der Waals surface area contributed by atoms with Gasteiger partial charge in [-0.25, -0.2) is 0 Å². The van der Waals surface area contributed by atoms with E-state index in [4.69, 9.17) is 10.5 Å². The number of hydrogen-bond acceptors (Lipinski definition) is 3. The summed E-state index contributed by atoms with van der Waals surface area (Å²) < 4.78 is 5.89. The minimum absolute atomic E-state index is 0.0214. The van der Waals surface area contributed by atoms with Crippen LogP contribution >= 0.6 is 0 Å². The van der Waals surface area contributed by atoms with Gasteiger partial charge in [-0.1, -0.05) is 6.07 Å². The van der Waals surface area contributed by atoms with E-state index >= 15 is 0 Å². The summed E-state index contributed by atoms with van der Waals surface area (Å²) in [6, 6.07) is 7.33. The summed E-state index contributed by atoms with van der Waals surface area (Å²) in [7, 11) is 0. The van der Waals surface area contributed by atoms with E-state index in [2.05, 4.69) is 5.32 Å². The molecule has 0 heterocycles. The van der Waals surface area contributed by atoms with Gasteiger partial charge in [0.15, 0.2) is 0 Å². The molecule has 104 valence electrons. The highest BCUT2D eigenvalue weighted by Crippen LogP contribution is 2.24. The van der Waals surface area contributed by atoms with Gasteiger partial charge in [-0.2, -0.15) is 0 Å². The van der Waals surface area contributed by atoms with Crippen molar-refractivity contribution in [3.63, 3.8) is 0 Å². The van der Waals surface area contributed by atoms with Crippen LogP contribution in [0.1, 0.15) is 43.0 Å². The van der Waals surface area contributed by atoms with Gasteiger partial charge >= 0.3 is 0 Å². The SMILES string of the molecule is C[C@@H](CN)NC(=O)c1cccc(OC2CCCC2)c1. The fourth-order valence-electron chi connectivity index (χ4n) is 2.28. The summed E-state index contributed by atoms with van der Waals surface area (Å²) in [5.41, 5.74) is 6.12. The Morgan fingerprint density at radius 2 is 2.21 bits per heavy atom. The largest absolute Gasteiger partial charge is 0.490 e. The molecule has 4 heteroatoms. The van der Waals surface area contributed by atoms with E-state index in [-0.39, 0.29) is 11.9 Å². The molecule has 1 fully saturated rings. The Balaban J connectivity index is 1.99. The normalized spacial score (nSPS) is 17.2. The maximum Gasteiger partial charge on any atom is 0.251 e. The zero-order valence-electron chi connectivity index (χ0n) is 11.4. The van der Waals surface area contributed by atoms with Crippen LogP contribution in [-0.2, 0) is 0 Å². The van der Waals surface area contributed by atoms with E-state index in [1.54, 1.807) is 12.1 Å². The molecular weight excluding hydrogens is 240 g/mol. The Kier molecular flexibility index (Phi) is 4.80. The smallest absolute Gasteiger partial charge is 0.251 e.